The largest absolute Gasteiger partial charge is 0.497 e. The summed E-state index contributed by atoms with van der Waals surface area (Å²) in [6.45, 7) is 0. The highest BCUT2D eigenvalue weighted by Crippen LogP contribution is 2.25. The zero-order valence-corrected chi connectivity index (χ0v) is 13.0. The van der Waals surface area contributed by atoms with Gasteiger partial charge in [-0.05, 0) is 36.4 Å². The summed E-state index contributed by atoms with van der Waals surface area (Å²) >= 11 is 3.43. The number of hydrogen-bond acceptors (Lipinski definition) is 3. The number of anilines is 1. The number of nitrogen functional groups attached to an aromatic ring is 1. The minimum atomic E-state index is 0.595. The Morgan fingerprint density at radius 3 is 2.33 bits per heavy atom. The summed E-state index contributed by atoms with van der Waals surface area (Å²) in [6, 6.07) is 17.5. The molecule has 1 aromatic heterocycles. The Morgan fingerprint density at radius 1 is 1.05 bits per heavy atom. The Balaban J connectivity index is 1.98. The minimum absolute atomic E-state index is 0.595. The van der Waals surface area contributed by atoms with Gasteiger partial charge in [-0.1, -0.05) is 28.1 Å². The number of benzene rings is 2. The van der Waals surface area contributed by atoms with E-state index >= 15 is 0 Å². The molecule has 3 aromatic rings. The number of rotatable bonds is 3. The van der Waals surface area contributed by atoms with Crippen LogP contribution in [-0.4, -0.2) is 16.9 Å². The number of halogens is 1. The van der Waals surface area contributed by atoms with Crippen LogP contribution >= 0.6 is 15.9 Å². The molecule has 2 N–H and O–H groups in total. The lowest BCUT2D eigenvalue weighted by molar-refractivity contribution is 0.414. The van der Waals surface area contributed by atoms with E-state index in [0.717, 1.165) is 27.2 Å². The molecule has 0 bridgehead atoms. The third-order valence-corrected chi connectivity index (χ3v) is 3.72. The van der Waals surface area contributed by atoms with Gasteiger partial charge in [-0.2, -0.15) is 5.10 Å². The average molecular weight is 344 g/mol. The predicted molar refractivity (Wildman–Crippen MR) is 87.7 cm³/mol. The molecular weight excluding hydrogens is 330 g/mol. The third-order valence-electron chi connectivity index (χ3n) is 3.19. The van der Waals surface area contributed by atoms with Crippen molar-refractivity contribution < 1.29 is 4.74 Å². The van der Waals surface area contributed by atoms with Gasteiger partial charge in [-0.25, -0.2) is 4.68 Å². The Hall–Kier alpha value is -2.27. The normalized spacial score (nSPS) is 10.6. The van der Waals surface area contributed by atoms with Crippen molar-refractivity contribution in [1.82, 2.24) is 9.78 Å². The Labute approximate surface area is 131 Å². The first-order chi connectivity index (χ1) is 10.2. The van der Waals surface area contributed by atoms with Crippen LogP contribution in [0.5, 0.6) is 5.75 Å². The molecule has 4 nitrogen and oxygen atoms in total. The van der Waals surface area contributed by atoms with E-state index in [2.05, 4.69) is 21.0 Å². The monoisotopic (exact) mass is 343 g/mol. The van der Waals surface area contributed by atoms with Crippen LogP contribution in [0.3, 0.4) is 0 Å². The van der Waals surface area contributed by atoms with Crippen molar-refractivity contribution in [2.24, 2.45) is 0 Å². The molecule has 3 rings (SSSR count). The third kappa shape index (κ3) is 2.78. The molecule has 0 saturated carbocycles. The van der Waals surface area contributed by atoms with E-state index < -0.39 is 0 Å². The molecule has 1 heterocycles. The van der Waals surface area contributed by atoms with Crippen molar-refractivity contribution in [1.29, 1.82) is 0 Å². The molecule has 0 amide bonds. The number of methoxy groups -OCH3 is 1. The first-order valence-corrected chi connectivity index (χ1v) is 7.22. The van der Waals surface area contributed by atoms with E-state index in [4.69, 9.17) is 10.5 Å². The fraction of sp³-hybridized carbons (Fsp3) is 0.0625. The maximum absolute atomic E-state index is 6.07. The predicted octanol–water partition coefficient (Wildman–Crippen LogP) is 3.89. The van der Waals surface area contributed by atoms with E-state index in [0.29, 0.717) is 5.82 Å². The topological polar surface area (TPSA) is 53.1 Å². The van der Waals surface area contributed by atoms with Crippen LogP contribution < -0.4 is 10.5 Å². The highest BCUT2D eigenvalue weighted by molar-refractivity contribution is 9.10. The van der Waals surface area contributed by atoms with Crippen LogP contribution in [0.1, 0.15) is 0 Å². The van der Waals surface area contributed by atoms with E-state index in [9.17, 15) is 0 Å². The lowest BCUT2D eigenvalue weighted by Crippen LogP contribution is -2.01. The molecule has 2 aromatic carbocycles. The van der Waals surface area contributed by atoms with E-state index in [1.54, 1.807) is 11.8 Å². The summed E-state index contributed by atoms with van der Waals surface area (Å²) in [7, 11) is 1.64. The number of hydrogen-bond donors (Lipinski definition) is 1. The zero-order valence-electron chi connectivity index (χ0n) is 11.5. The molecule has 0 radical (unpaired) electrons. The Morgan fingerprint density at radius 2 is 1.71 bits per heavy atom. The van der Waals surface area contributed by atoms with E-state index in [-0.39, 0.29) is 0 Å². The quantitative estimate of drug-likeness (QED) is 0.784. The van der Waals surface area contributed by atoms with E-state index in [1.165, 1.54) is 0 Å². The number of nitrogens with zero attached hydrogens (tertiary/aromatic N) is 2. The maximum atomic E-state index is 6.07. The highest BCUT2D eigenvalue weighted by atomic mass is 79.9. The summed E-state index contributed by atoms with van der Waals surface area (Å²) in [5.74, 6) is 1.40. The molecular formula is C16H14BrN3O. The van der Waals surface area contributed by atoms with Crippen molar-refractivity contribution >= 4 is 21.7 Å². The molecule has 0 aliphatic carbocycles. The van der Waals surface area contributed by atoms with Gasteiger partial charge in [0.1, 0.15) is 11.6 Å². The van der Waals surface area contributed by atoms with Crippen molar-refractivity contribution in [3.8, 4) is 22.7 Å². The smallest absolute Gasteiger partial charge is 0.127 e. The molecule has 106 valence electrons. The van der Waals surface area contributed by atoms with Crippen LogP contribution in [-0.2, 0) is 0 Å². The van der Waals surface area contributed by atoms with Gasteiger partial charge in [0.15, 0.2) is 0 Å². The molecule has 0 aliphatic rings. The number of ether oxygens (including phenoxy) is 1. The molecule has 0 aliphatic heterocycles. The fourth-order valence-electron chi connectivity index (χ4n) is 2.09. The Bertz CT molecular complexity index is 748. The summed E-state index contributed by atoms with van der Waals surface area (Å²) in [4.78, 5) is 0. The molecule has 0 saturated heterocycles. The fourth-order valence-corrected chi connectivity index (χ4v) is 2.35. The second-order valence-electron chi connectivity index (χ2n) is 4.57. The lowest BCUT2D eigenvalue weighted by atomic mass is 10.2. The van der Waals surface area contributed by atoms with Crippen molar-refractivity contribution in [3.05, 3.63) is 59.1 Å². The van der Waals surface area contributed by atoms with Gasteiger partial charge in [-0.15, -0.1) is 0 Å². The Kier molecular flexibility index (Phi) is 3.66. The number of aromatic nitrogens is 2. The van der Waals surface area contributed by atoms with Crippen molar-refractivity contribution in [2.75, 3.05) is 12.8 Å². The second-order valence-corrected chi connectivity index (χ2v) is 5.49. The van der Waals surface area contributed by atoms with Crippen molar-refractivity contribution in [2.45, 2.75) is 0 Å². The van der Waals surface area contributed by atoms with Gasteiger partial charge in [0.05, 0.1) is 18.5 Å². The standard InChI is InChI=1S/C16H14BrN3O/c1-21-14-8-6-13(7-9-14)20-16(18)10-15(19-20)11-2-4-12(17)5-3-11/h2-10H,18H2,1H3. The SMILES string of the molecule is COc1ccc(-n2nc(-c3ccc(Br)cc3)cc2N)cc1. The van der Waals surface area contributed by atoms with Crippen LogP contribution in [0.2, 0.25) is 0 Å². The molecule has 0 atom stereocenters. The summed E-state index contributed by atoms with van der Waals surface area (Å²) in [5.41, 5.74) is 8.84. The first kappa shape index (κ1) is 13.7. The molecule has 21 heavy (non-hydrogen) atoms. The van der Waals surface area contributed by atoms with Gasteiger partial charge < -0.3 is 10.5 Å². The first-order valence-electron chi connectivity index (χ1n) is 6.43. The van der Waals surface area contributed by atoms with E-state index in [1.807, 2.05) is 54.6 Å². The number of nitrogens with two attached hydrogens (primary N) is 1. The molecule has 0 fully saturated rings. The maximum Gasteiger partial charge on any atom is 0.127 e. The summed E-state index contributed by atoms with van der Waals surface area (Å²) in [5, 5.41) is 4.57. The van der Waals surface area contributed by atoms with Gasteiger partial charge in [-0.3, -0.25) is 0 Å². The van der Waals surface area contributed by atoms with Crippen LogP contribution in [0.15, 0.2) is 59.1 Å². The lowest BCUT2D eigenvalue weighted by Gasteiger charge is -2.05. The second kappa shape index (κ2) is 5.61. The molecule has 0 unspecified atom stereocenters. The molecule has 5 heteroatoms. The van der Waals surface area contributed by atoms with Crippen LogP contribution in [0, 0.1) is 0 Å². The molecule has 0 spiro atoms. The van der Waals surface area contributed by atoms with Gasteiger partial charge in [0, 0.05) is 16.1 Å². The minimum Gasteiger partial charge on any atom is -0.497 e. The highest BCUT2D eigenvalue weighted by Gasteiger charge is 2.09. The summed E-state index contributed by atoms with van der Waals surface area (Å²) < 4.78 is 7.91. The van der Waals surface area contributed by atoms with Gasteiger partial charge in [0.25, 0.3) is 0 Å². The summed E-state index contributed by atoms with van der Waals surface area (Å²) in [6.07, 6.45) is 0. The average Bonchev–Trinajstić information content (AvgIpc) is 2.90. The van der Waals surface area contributed by atoms with Crippen LogP contribution in [0.25, 0.3) is 16.9 Å². The van der Waals surface area contributed by atoms with Crippen molar-refractivity contribution in [3.63, 3.8) is 0 Å². The van der Waals surface area contributed by atoms with Gasteiger partial charge >= 0.3 is 0 Å². The van der Waals surface area contributed by atoms with Gasteiger partial charge in [0.2, 0.25) is 0 Å². The van der Waals surface area contributed by atoms with Crippen LogP contribution in [0.4, 0.5) is 5.82 Å². The zero-order chi connectivity index (χ0) is 14.8.